The Morgan fingerprint density at radius 2 is 1.96 bits per heavy atom. The van der Waals surface area contributed by atoms with Crippen molar-refractivity contribution in [3.63, 3.8) is 0 Å². The van der Waals surface area contributed by atoms with E-state index in [9.17, 15) is 4.79 Å². The summed E-state index contributed by atoms with van der Waals surface area (Å²) in [7, 11) is 1.58. The molecule has 1 fully saturated rings. The van der Waals surface area contributed by atoms with Crippen molar-refractivity contribution in [1.29, 1.82) is 0 Å². The minimum Gasteiger partial charge on any atom is -0.495 e. The summed E-state index contributed by atoms with van der Waals surface area (Å²) in [6.45, 7) is 1.91. The number of nitrogens with zero attached hydrogens (tertiary/aromatic N) is 2. The molecule has 3 rings (SSSR count). The standard InChI is InChI=1S/C19H23ClN4O2/c1-12-8-15(17(26-2)9-14(12)20)24-18-10-16(21-11-22-18)19(25)23-13-6-4-3-5-7-13/h8-11,13H,3-7H2,1-2H3,(H,23,25)(H,21,22,24). The number of halogens is 1. The Bertz CT molecular complexity index is 791. The van der Waals surface area contributed by atoms with Crippen LogP contribution in [0.3, 0.4) is 0 Å². The van der Waals surface area contributed by atoms with Gasteiger partial charge in [0.2, 0.25) is 0 Å². The molecule has 7 heteroatoms. The molecule has 0 unspecified atom stereocenters. The highest BCUT2D eigenvalue weighted by molar-refractivity contribution is 6.31. The highest BCUT2D eigenvalue weighted by Gasteiger charge is 2.18. The number of benzene rings is 1. The average Bonchev–Trinajstić information content (AvgIpc) is 2.65. The van der Waals surface area contributed by atoms with Gasteiger partial charge in [-0.15, -0.1) is 0 Å². The fourth-order valence-corrected chi connectivity index (χ4v) is 3.28. The summed E-state index contributed by atoms with van der Waals surface area (Å²) in [6.07, 6.45) is 7.02. The molecule has 0 radical (unpaired) electrons. The summed E-state index contributed by atoms with van der Waals surface area (Å²) in [5.74, 6) is 0.961. The van der Waals surface area contributed by atoms with Crippen LogP contribution in [0, 0.1) is 6.92 Å². The maximum absolute atomic E-state index is 12.5. The van der Waals surface area contributed by atoms with Crippen molar-refractivity contribution >= 4 is 29.0 Å². The zero-order valence-corrected chi connectivity index (χ0v) is 15.8. The first kappa shape index (κ1) is 18.5. The summed E-state index contributed by atoms with van der Waals surface area (Å²) < 4.78 is 5.36. The lowest BCUT2D eigenvalue weighted by Crippen LogP contribution is -2.36. The van der Waals surface area contributed by atoms with Crippen LogP contribution in [0.4, 0.5) is 11.5 Å². The van der Waals surface area contributed by atoms with Gasteiger partial charge in [0.15, 0.2) is 0 Å². The topological polar surface area (TPSA) is 76.1 Å². The fourth-order valence-electron chi connectivity index (χ4n) is 3.12. The molecule has 2 N–H and O–H groups in total. The molecule has 1 aliphatic rings. The minimum absolute atomic E-state index is 0.165. The Kier molecular flexibility index (Phi) is 5.93. The first-order chi connectivity index (χ1) is 12.6. The summed E-state index contributed by atoms with van der Waals surface area (Å²) in [6, 6.07) is 5.51. The van der Waals surface area contributed by atoms with Gasteiger partial charge in [0.1, 0.15) is 23.6 Å². The number of carbonyl (C=O) groups is 1. The molecule has 0 saturated heterocycles. The van der Waals surface area contributed by atoms with E-state index in [4.69, 9.17) is 16.3 Å². The quantitative estimate of drug-likeness (QED) is 0.818. The Balaban J connectivity index is 1.75. The number of rotatable bonds is 5. The zero-order valence-electron chi connectivity index (χ0n) is 15.0. The summed E-state index contributed by atoms with van der Waals surface area (Å²) in [5.41, 5.74) is 1.99. The molecule has 1 aromatic carbocycles. The van der Waals surface area contributed by atoms with Gasteiger partial charge in [-0.25, -0.2) is 9.97 Å². The number of aryl methyl sites for hydroxylation is 1. The van der Waals surface area contributed by atoms with E-state index in [2.05, 4.69) is 20.6 Å². The maximum atomic E-state index is 12.5. The molecule has 0 atom stereocenters. The molecule has 2 aromatic rings. The minimum atomic E-state index is -0.165. The average molecular weight is 375 g/mol. The van der Waals surface area contributed by atoms with E-state index in [1.165, 1.54) is 12.7 Å². The van der Waals surface area contributed by atoms with Gasteiger partial charge < -0.3 is 15.4 Å². The normalized spacial score (nSPS) is 14.7. The predicted octanol–water partition coefficient (Wildman–Crippen LogP) is 4.25. The molecular formula is C19H23ClN4O2. The van der Waals surface area contributed by atoms with Crippen molar-refractivity contribution in [2.24, 2.45) is 0 Å². The second-order valence-corrected chi connectivity index (χ2v) is 6.93. The van der Waals surface area contributed by atoms with Crippen molar-refractivity contribution in [3.8, 4) is 5.75 Å². The molecule has 0 aliphatic heterocycles. The largest absolute Gasteiger partial charge is 0.495 e. The van der Waals surface area contributed by atoms with Crippen LogP contribution >= 0.6 is 11.6 Å². The number of carbonyl (C=O) groups excluding carboxylic acids is 1. The Hall–Kier alpha value is -2.34. The van der Waals surface area contributed by atoms with Crippen LogP contribution in [0.5, 0.6) is 5.75 Å². The number of aromatic nitrogens is 2. The van der Waals surface area contributed by atoms with E-state index >= 15 is 0 Å². The van der Waals surface area contributed by atoms with Gasteiger partial charge in [0, 0.05) is 23.2 Å². The van der Waals surface area contributed by atoms with Gasteiger partial charge in [-0.05, 0) is 31.4 Å². The second kappa shape index (κ2) is 8.36. The number of hydrogen-bond donors (Lipinski definition) is 2. The van der Waals surface area contributed by atoms with Gasteiger partial charge in [0.25, 0.3) is 5.91 Å². The molecule has 1 amide bonds. The lowest BCUT2D eigenvalue weighted by molar-refractivity contribution is 0.0922. The lowest BCUT2D eigenvalue weighted by atomic mass is 9.95. The Morgan fingerprint density at radius 1 is 1.19 bits per heavy atom. The highest BCUT2D eigenvalue weighted by Crippen LogP contribution is 2.32. The summed E-state index contributed by atoms with van der Waals surface area (Å²) >= 11 is 6.14. The van der Waals surface area contributed by atoms with Crippen LogP contribution in [-0.2, 0) is 0 Å². The third-order valence-electron chi connectivity index (χ3n) is 4.58. The van der Waals surface area contributed by atoms with Gasteiger partial charge in [0.05, 0.1) is 12.8 Å². The van der Waals surface area contributed by atoms with Crippen LogP contribution < -0.4 is 15.4 Å². The van der Waals surface area contributed by atoms with Crippen LogP contribution in [0.15, 0.2) is 24.5 Å². The molecule has 6 nitrogen and oxygen atoms in total. The van der Waals surface area contributed by atoms with Crippen LogP contribution in [-0.4, -0.2) is 29.0 Å². The second-order valence-electron chi connectivity index (χ2n) is 6.52. The van der Waals surface area contributed by atoms with E-state index in [-0.39, 0.29) is 11.9 Å². The maximum Gasteiger partial charge on any atom is 0.270 e. The zero-order chi connectivity index (χ0) is 18.5. The number of hydrogen-bond acceptors (Lipinski definition) is 5. The number of amides is 1. The number of nitrogens with one attached hydrogen (secondary N) is 2. The van der Waals surface area contributed by atoms with Gasteiger partial charge >= 0.3 is 0 Å². The van der Waals surface area contributed by atoms with Crippen molar-refractivity contribution in [1.82, 2.24) is 15.3 Å². The van der Waals surface area contributed by atoms with Gasteiger partial charge in [-0.3, -0.25) is 4.79 Å². The number of anilines is 2. The van der Waals surface area contributed by atoms with Crippen molar-refractivity contribution < 1.29 is 9.53 Å². The molecule has 138 valence electrons. The predicted molar refractivity (Wildman–Crippen MR) is 102 cm³/mol. The van der Waals surface area contributed by atoms with E-state index in [0.29, 0.717) is 22.3 Å². The first-order valence-electron chi connectivity index (χ1n) is 8.81. The van der Waals surface area contributed by atoms with E-state index in [0.717, 1.165) is 36.9 Å². The number of ether oxygens (including phenoxy) is 1. The molecule has 26 heavy (non-hydrogen) atoms. The molecule has 0 bridgehead atoms. The van der Waals surface area contributed by atoms with E-state index in [1.54, 1.807) is 19.2 Å². The molecule has 0 spiro atoms. The van der Waals surface area contributed by atoms with Crippen LogP contribution in [0.2, 0.25) is 5.02 Å². The number of methoxy groups -OCH3 is 1. The van der Waals surface area contributed by atoms with Crippen molar-refractivity contribution in [2.75, 3.05) is 12.4 Å². The Labute approximate surface area is 158 Å². The molecular weight excluding hydrogens is 352 g/mol. The monoisotopic (exact) mass is 374 g/mol. The molecule has 1 heterocycles. The molecule has 1 aromatic heterocycles. The van der Waals surface area contributed by atoms with E-state index < -0.39 is 0 Å². The highest BCUT2D eigenvalue weighted by atomic mass is 35.5. The van der Waals surface area contributed by atoms with Crippen LogP contribution in [0.1, 0.15) is 48.2 Å². The van der Waals surface area contributed by atoms with Gasteiger partial charge in [-0.1, -0.05) is 30.9 Å². The summed E-state index contributed by atoms with van der Waals surface area (Å²) in [5, 5.41) is 6.87. The fraction of sp³-hybridized carbons (Fsp3) is 0.421. The van der Waals surface area contributed by atoms with Crippen molar-refractivity contribution in [3.05, 3.63) is 40.8 Å². The Morgan fingerprint density at radius 3 is 2.69 bits per heavy atom. The van der Waals surface area contributed by atoms with Crippen LogP contribution in [0.25, 0.3) is 0 Å². The first-order valence-corrected chi connectivity index (χ1v) is 9.18. The molecule has 1 aliphatic carbocycles. The third-order valence-corrected chi connectivity index (χ3v) is 4.99. The summed E-state index contributed by atoms with van der Waals surface area (Å²) in [4.78, 5) is 20.8. The SMILES string of the molecule is COc1cc(Cl)c(C)cc1Nc1cc(C(=O)NC2CCCCC2)ncn1. The lowest BCUT2D eigenvalue weighted by Gasteiger charge is -2.22. The molecule has 1 saturated carbocycles. The third kappa shape index (κ3) is 4.43. The van der Waals surface area contributed by atoms with Gasteiger partial charge in [-0.2, -0.15) is 0 Å². The van der Waals surface area contributed by atoms with E-state index in [1.807, 2.05) is 13.0 Å². The van der Waals surface area contributed by atoms with Crippen molar-refractivity contribution in [2.45, 2.75) is 45.1 Å². The smallest absolute Gasteiger partial charge is 0.270 e.